The van der Waals surface area contributed by atoms with Gasteiger partial charge in [0.2, 0.25) is 5.91 Å². The van der Waals surface area contributed by atoms with Crippen molar-refractivity contribution in [2.24, 2.45) is 11.7 Å². The van der Waals surface area contributed by atoms with Gasteiger partial charge in [-0.15, -0.1) is 0 Å². The minimum atomic E-state index is 0.0697. The molecule has 0 saturated carbocycles. The molecular formula is C10H20N2O. The van der Waals surface area contributed by atoms with E-state index in [9.17, 15) is 4.79 Å². The first-order chi connectivity index (χ1) is 6.10. The van der Waals surface area contributed by atoms with Crippen LogP contribution in [-0.4, -0.2) is 19.0 Å². The third kappa shape index (κ3) is 6.34. The summed E-state index contributed by atoms with van der Waals surface area (Å²) in [6.45, 7) is 8.79. The van der Waals surface area contributed by atoms with Crippen LogP contribution in [0.3, 0.4) is 0 Å². The van der Waals surface area contributed by atoms with Gasteiger partial charge in [-0.1, -0.05) is 25.5 Å². The number of amides is 1. The fourth-order valence-electron chi connectivity index (χ4n) is 0.978. The van der Waals surface area contributed by atoms with E-state index in [0.717, 1.165) is 12.0 Å². The Balaban J connectivity index is 3.66. The topological polar surface area (TPSA) is 55.1 Å². The number of carbonyl (C=O) groups is 1. The Labute approximate surface area is 80.4 Å². The number of hydrogen-bond acceptors (Lipinski definition) is 2. The van der Waals surface area contributed by atoms with Crippen molar-refractivity contribution in [3.8, 4) is 0 Å². The van der Waals surface area contributed by atoms with Crippen molar-refractivity contribution in [1.82, 2.24) is 5.32 Å². The van der Waals surface area contributed by atoms with Crippen LogP contribution in [0.15, 0.2) is 12.2 Å². The monoisotopic (exact) mass is 184 g/mol. The van der Waals surface area contributed by atoms with Crippen molar-refractivity contribution < 1.29 is 4.79 Å². The van der Waals surface area contributed by atoms with Gasteiger partial charge in [0.1, 0.15) is 0 Å². The van der Waals surface area contributed by atoms with E-state index >= 15 is 0 Å². The highest BCUT2D eigenvalue weighted by Crippen LogP contribution is 2.05. The molecule has 3 nitrogen and oxygen atoms in total. The zero-order valence-electron chi connectivity index (χ0n) is 8.60. The molecule has 0 rings (SSSR count). The molecular weight excluding hydrogens is 164 g/mol. The molecule has 0 fully saturated rings. The van der Waals surface area contributed by atoms with Gasteiger partial charge in [-0.3, -0.25) is 4.79 Å². The molecule has 1 unspecified atom stereocenters. The normalized spacial score (nSPS) is 12.2. The Hall–Kier alpha value is -0.830. The van der Waals surface area contributed by atoms with E-state index in [1.54, 1.807) is 0 Å². The van der Waals surface area contributed by atoms with Crippen LogP contribution < -0.4 is 11.1 Å². The zero-order chi connectivity index (χ0) is 10.3. The van der Waals surface area contributed by atoms with Gasteiger partial charge in [0, 0.05) is 13.0 Å². The first-order valence-electron chi connectivity index (χ1n) is 4.71. The van der Waals surface area contributed by atoms with Crippen molar-refractivity contribution in [3.05, 3.63) is 12.2 Å². The first kappa shape index (κ1) is 12.2. The standard InChI is InChI=1S/C10H20N2O/c1-4-9(6-11)5-10(13)12-7-8(2)3/h9H,2,4-7,11H2,1,3H3,(H,12,13). The predicted molar refractivity (Wildman–Crippen MR) is 55.3 cm³/mol. The van der Waals surface area contributed by atoms with Crippen LogP contribution in [-0.2, 0) is 4.79 Å². The van der Waals surface area contributed by atoms with Gasteiger partial charge in [0.05, 0.1) is 0 Å². The smallest absolute Gasteiger partial charge is 0.220 e. The van der Waals surface area contributed by atoms with Crippen LogP contribution in [0.25, 0.3) is 0 Å². The third-order valence-corrected chi connectivity index (χ3v) is 1.97. The maximum atomic E-state index is 11.3. The summed E-state index contributed by atoms with van der Waals surface area (Å²) in [6.07, 6.45) is 1.48. The summed E-state index contributed by atoms with van der Waals surface area (Å²) in [4.78, 5) is 11.3. The van der Waals surface area contributed by atoms with Crippen molar-refractivity contribution >= 4 is 5.91 Å². The number of carbonyl (C=O) groups excluding carboxylic acids is 1. The summed E-state index contributed by atoms with van der Waals surface area (Å²) >= 11 is 0. The van der Waals surface area contributed by atoms with Crippen molar-refractivity contribution in [3.63, 3.8) is 0 Å². The predicted octanol–water partition coefficient (Wildman–Crippen LogP) is 1.05. The zero-order valence-corrected chi connectivity index (χ0v) is 8.60. The van der Waals surface area contributed by atoms with Crippen LogP contribution in [0.4, 0.5) is 0 Å². The number of nitrogens with two attached hydrogens (primary N) is 1. The number of rotatable bonds is 6. The van der Waals surface area contributed by atoms with Crippen molar-refractivity contribution in [1.29, 1.82) is 0 Å². The Morgan fingerprint density at radius 1 is 1.62 bits per heavy atom. The summed E-state index contributed by atoms with van der Waals surface area (Å²) in [6, 6.07) is 0. The maximum absolute atomic E-state index is 11.3. The SMILES string of the molecule is C=C(C)CNC(=O)CC(CC)CN. The van der Waals surface area contributed by atoms with Crippen molar-refractivity contribution in [2.45, 2.75) is 26.7 Å². The first-order valence-corrected chi connectivity index (χ1v) is 4.71. The van der Waals surface area contributed by atoms with Crippen LogP contribution in [0.1, 0.15) is 26.7 Å². The molecule has 0 aromatic rings. The largest absolute Gasteiger partial charge is 0.352 e. The Bertz CT molecular complexity index is 174. The fraction of sp³-hybridized carbons (Fsp3) is 0.700. The van der Waals surface area contributed by atoms with Gasteiger partial charge < -0.3 is 11.1 Å². The summed E-state index contributed by atoms with van der Waals surface area (Å²) in [5.74, 6) is 0.380. The summed E-state index contributed by atoms with van der Waals surface area (Å²) in [5.41, 5.74) is 6.46. The molecule has 0 aliphatic carbocycles. The van der Waals surface area contributed by atoms with Crippen LogP contribution >= 0.6 is 0 Å². The number of hydrogen-bond donors (Lipinski definition) is 2. The molecule has 0 aromatic carbocycles. The molecule has 0 heterocycles. The highest BCUT2D eigenvalue weighted by Gasteiger charge is 2.09. The quantitative estimate of drug-likeness (QED) is 0.606. The van der Waals surface area contributed by atoms with Gasteiger partial charge in [-0.05, 0) is 19.4 Å². The Morgan fingerprint density at radius 2 is 2.23 bits per heavy atom. The van der Waals surface area contributed by atoms with E-state index in [1.165, 1.54) is 0 Å². The average Bonchev–Trinajstić information content (AvgIpc) is 2.10. The molecule has 1 atom stereocenters. The Kier molecular flexibility index (Phi) is 6.24. The molecule has 0 aromatic heterocycles. The second kappa shape index (κ2) is 6.66. The van der Waals surface area contributed by atoms with Gasteiger partial charge in [-0.2, -0.15) is 0 Å². The molecule has 3 heteroatoms. The molecule has 0 bridgehead atoms. The van der Waals surface area contributed by atoms with E-state index in [-0.39, 0.29) is 5.91 Å². The summed E-state index contributed by atoms with van der Waals surface area (Å²) < 4.78 is 0. The van der Waals surface area contributed by atoms with E-state index in [0.29, 0.717) is 25.4 Å². The van der Waals surface area contributed by atoms with Crippen LogP contribution in [0, 0.1) is 5.92 Å². The van der Waals surface area contributed by atoms with E-state index < -0.39 is 0 Å². The lowest BCUT2D eigenvalue weighted by Crippen LogP contribution is -2.28. The van der Waals surface area contributed by atoms with E-state index in [1.807, 2.05) is 13.8 Å². The molecule has 0 radical (unpaired) electrons. The minimum Gasteiger partial charge on any atom is -0.352 e. The van der Waals surface area contributed by atoms with Crippen molar-refractivity contribution in [2.75, 3.05) is 13.1 Å². The van der Waals surface area contributed by atoms with E-state index in [2.05, 4.69) is 11.9 Å². The van der Waals surface area contributed by atoms with Gasteiger partial charge in [0.25, 0.3) is 0 Å². The molecule has 3 N–H and O–H groups in total. The molecule has 76 valence electrons. The average molecular weight is 184 g/mol. The second-order valence-electron chi connectivity index (χ2n) is 3.45. The van der Waals surface area contributed by atoms with Gasteiger partial charge in [-0.25, -0.2) is 0 Å². The molecule has 0 aliphatic heterocycles. The third-order valence-electron chi connectivity index (χ3n) is 1.97. The molecule has 0 aliphatic rings. The Morgan fingerprint density at radius 3 is 2.62 bits per heavy atom. The second-order valence-corrected chi connectivity index (χ2v) is 3.45. The van der Waals surface area contributed by atoms with Gasteiger partial charge in [0.15, 0.2) is 0 Å². The minimum absolute atomic E-state index is 0.0697. The lowest BCUT2D eigenvalue weighted by Gasteiger charge is -2.11. The number of nitrogens with one attached hydrogen (secondary N) is 1. The molecule has 0 spiro atoms. The molecule has 0 saturated heterocycles. The lowest BCUT2D eigenvalue weighted by molar-refractivity contribution is -0.121. The molecule has 1 amide bonds. The van der Waals surface area contributed by atoms with Gasteiger partial charge >= 0.3 is 0 Å². The summed E-state index contributed by atoms with van der Waals surface area (Å²) in [7, 11) is 0. The summed E-state index contributed by atoms with van der Waals surface area (Å²) in [5, 5.41) is 2.79. The van der Waals surface area contributed by atoms with E-state index in [4.69, 9.17) is 5.73 Å². The highest BCUT2D eigenvalue weighted by atomic mass is 16.1. The van der Waals surface area contributed by atoms with Crippen LogP contribution in [0.2, 0.25) is 0 Å². The lowest BCUT2D eigenvalue weighted by atomic mass is 10.0. The fourth-order valence-corrected chi connectivity index (χ4v) is 0.978. The van der Waals surface area contributed by atoms with Crippen LogP contribution in [0.5, 0.6) is 0 Å². The highest BCUT2D eigenvalue weighted by molar-refractivity contribution is 5.76. The molecule has 13 heavy (non-hydrogen) atoms. The maximum Gasteiger partial charge on any atom is 0.220 e.